The normalized spacial score (nSPS) is 10.0. The van der Waals surface area contributed by atoms with Gasteiger partial charge in [-0.3, -0.25) is 14.9 Å². The van der Waals surface area contributed by atoms with Crippen LogP contribution in [0.1, 0.15) is 10.4 Å². The van der Waals surface area contributed by atoms with Gasteiger partial charge in [0.25, 0.3) is 0 Å². The Balaban J connectivity index is 3.46. The summed E-state index contributed by atoms with van der Waals surface area (Å²) in [5, 5.41) is 10.5. The highest BCUT2D eigenvalue weighted by Gasteiger charge is 2.23. The lowest BCUT2D eigenvalue weighted by molar-refractivity contribution is -0.384. The molecule has 0 heterocycles. The molecule has 1 aromatic rings. The molecule has 2 N–H and O–H groups in total. The van der Waals surface area contributed by atoms with Crippen molar-refractivity contribution >= 4 is 33.1 Å². The maximum Gasteiger partial charge on any atom is 0.303 e. The number of carbonyl (C=O) groups is 1. The number of rotatable bonds is 3. The predicted octanol–water partition coefficient (Wildman–Crippen LogP) is 1.89. The molecule has 0 aliphatic heterocycles. The molecule has 0 aliphatic rings. The molecule has 0 aliphatic carbocycles. The zero-order chi connectivity index (χ0) is 11.6. The van der Waals surface area contributed by atoms with Crippen LogP contribution in [0.3, 0.4) is 0 Å². The molecule has 0 spiro atoms. The number of nitrogens with two attached hydrogens (primary N) is 1. The largest absolute Gasteiger partial charge is 0.393 e. The van der Waals surface area contributed by atoms with E-state index < -0.39 is 22.2 Å². The van der Waals surface area contributed by atoms with Crippen LogP contribution >= 0.6 is 15.9 Å². The molecule has 0 unspecified atom stereocenters. The highest BCUT2D eigenvalue weighted by Crippen LogP contribution is 2.28. The van der Waals surface area contributed by atoms with Crippen molar-refractivity contribution in [1.29, 1.82) is 0 Å². The second-order valence-corrected chi connectivity index (χ2v) is 3.27. The van der Waals surface area contributed by atoms with E-state index in [2.05, 4.69) is 15.9 Å². The van der Waals surface area contributed by atoms with Gasteiger partial charge in [0, 0.05) is 6.07 Å². The van der Waals surface area contributed by atoms with E-state index in [-0.39, 0.29) is 16.6 Å². The predicted molar refractivity (Wildman–Crippen MR) is 55.6 cm³/mol. The highest BCUT2D eigenvalue weighted by molar-refractivity contribution is 9.09. The van der Waals surface area contributed by atoms with Crippen LogP contribution in [0.25, 0.3) is 0 Å². The first-order chi connectivity index (χ1) is 6.97. The molecule has 1 rings (SSSR count). The number of hydrogen-bond acceptors (Lipinski definition) is 4. The Morgan fingerprint density at radius 2 is 2.20 bits per heavy atom. The number of nitro benzene ring substituents is 1. The summed E-state index contributed by atoms with van der Waals surface area (Å²) < 4.78 is 12.9. The first-order valence-corrected chi connectivity index (χ1v) is 4.92. The lowest BCUT2D eigenvalue weighted by atomic mass is 10.1. The van der Waals surface area contributed by atoms with Crippen molar-refractivity contribution in [3.05, 3.63) is 33.6 Å². The first-order valence-electron chi connectivity index (χ1n) is 3.80. The Morgan fingerprint density at radius 1 is 1.60 bits per heavy atom. The van der Waals surface area contributed by atoms with E-state index in [9.17, 15) is 19.3 Å². The first kappa shape index (κ1) is 11.6. The third kappa shape index (κ3) is 2.30. The molecule has 15 heavy (non-hydrogen) atoms. The van der Waals surface area contributed by atoms with Crippen molar-refractivity contribution < 1.29 is 14.1 Å². The van der Waals surface area contributed by atoms with Crippen molar-refractivity contribution in [2.75, 3.05) is 11.1 Å². The van der Waals surface area contributed by atoms with Crippen molar-refractivity contribution in [1.82, 2.24) is 0 Å². The number of benzene rings is 1. The third-order valence-corrected chi connectivity index (χ3v) is 2.22. The monoisotopic (exact) mass is 276 g/mol. The van der Waals surface area contributed by atoms with Gasteiger partial charge >= 0.3 is 5.69 Å². The molecule has 1 aromatic carbocycles. The average Bonchev–Trinajstić information content (AvgIpc) is 2.14. The van der Waals surface area contributed by atoms with Crippen molar-refractivity contribution in [3.63, 3.8) is 0 Å². The number of anilines is 1. The van der Waals surface area contributed by atoms with Gasteiger partial charge in [0.1, 0.15) is 17.1 Å². The molecule has 0 radical (unpaired) electrons. The zero-order valence-electron chi connectivity index (χ0n) is 7.37. The molecule has 0 saturated heterocycles. The smallest absolute Gasteiger partial charge is 0.303 e. The quantitative estimate of drug-likeness (QED) is 0.300. The van der Waals surface area contributed by atoms with Crippen LogP contribution in [-0.4, -0.2) is 16.0 Å². The van der Waals surface area contributed by atoms with Crippen LogP contribution in [0, 0.1) is 15.9 Å². The van der Waals surface area contributed by atoms with Gasteiger partial charge in [-0.05, 0) is 6.07 Å². The molecule has 7 heteroatoms. The van der Waals surface area contributed by atoms with Gasteiger partial charge in [0.2, 0.25) is 0 Å². The summed E-state index contributed by atoms with van der Waals surface area (Å²) in [5.74, 6) is -1.37. The van der Waals surface area contributed by atoms with Gasteiger partial charge in [-0.25, -0.2) is 4.39 Å². The van der Waals surface area contributed by atoms with E-state index in [0.29, 0.717) is 0 Å². The minimum atomic E-state index is -0.801. The number of nitrogens with zero attached hydrogens (tertiary/aromatic N) is 1. The van der Waals surface area contributed by atoms with E-state index >= 15 is 0 Å². The summed E-state index contributed by atoms with van der Waals surface area (Å²) in [6.07, 6.45) is 0. The summed E-state index contributed by atoms with van der Waals surface area (Å²) >= 11 is 2.85. The van der Waals surface area contributed by atoms with Gasteiger partial charge in [0.15, 0.2) is 5.78 Å². The van der Waals surface area contributed by atoms with Crippen molar-refractivity contribution in [2.24, 2.45) is 0 Å². The van der Waals surface area contributed by atoms with Crippen LogP contribution in [0.15, 0.2) is 12.1 Å². The van der Waals surface area contributed by atoms with Gasteiger partial charge in [-0.2, -0.15) is 0 Å². The molecule has 0 saturated carbocycles. The van der Waals surface area contributed by atoms with E-state index in [1.165, 1.54) is 0 Å². The molecule has 5 nitrogen and oxygen atoms in total. The summed E-state index contributed by atoms with van der Waals surface area (Å²) in [6.45, 7) is 0. The van der Waals surface area contributed by atoms with Crippen LogP contribution in [0.2, 0.25) is 0 Å². The van der Waals surface area contributed by atoms with E-state index in [0.717, 1.165) is 12.1 Å². The molecule has 0 bridgehead atoms. The van der Waals surface area contributed by atoms with Crippen molar-refractivity contribution in [3.8, 4) is 0 Å². The fraction of sp³-hybridized carbons (Fsp3) is 0.125. The number of alkyl halides is 1. The van der Waals surface area contributed by atoms with E-state index in [1.807, 2.05) is 0 Å². The number of carbonyl (C=O) groups excluding carboxylic acids is 1. The van der Waals surface area contributed by atoms with Gasteiger partial charge in [-0.1, -0.05) is 15.9 Å². The summed E-state index contributed by atoms with van der Waals surface area (Å²) in [7, 11) is 0. The zero-order valence-corrected chi connectivity index (χ0v) is 8.95. The Labute approximate surface area is 92.3 Å². The van der Waals surface area contributed by atoms with Gasteiger partial charge < -0.3 is 5.73 Å². The number of Topliss-reactive ketones (excluding diaryl/α,β-unsaturated/α-hetero) is 1. The summed E-state index contributed by atoms with van der Waals surface area (Å²) in [5.41, 5.74) is 4.03. The Bertz CT molecular complexity index is 436. The fourth-order valence-corrected chi connectivity index (χ4v) is 1.41. The fourth-order valence-electron chi connectivity index (χ4n) is 1.11. The lowest BCUT2D eigenvalue weighted by Gasteiger charge is -2.03. The molecule has 0 atom stereocenters. The Kier molecular flexibility index (Phi) is 3.35. The van der Waals surface area contributed by atoms with Gasteiger partial charge in [0.05, 0.1) is 10.3 Å². The molecular formula is C8H6BrFN2O3. The standard InChI is InChI=1S/C8H6BrFN2O3/c9-3-7(13)5-1-4(10)2-6(11)8(5)12(14)15/h1-2H,3,11H2. The van der Waals surface area contributed by atoms with E-state index in [4.69, 9.17) is 5.73 Å². The second kappa shape index (κ2) is 4.35. The number of halogens is 2. The molecular weight excluding hydrogens is 271 g/mol. The summed E-state index contributed by atoms with van der Waals surface area (Å²) in [4.78, 5) is 21.1. The molecule has 80 valence electrons. The van der Waals surface area contributed by atoms with Gasteiger partial charge in [-0.15, -0.1) is 0 Å². The number of hydrogen-bond donors (Lipinski definition) is 1. The molecule has 0 fully saturated rings. The maximum atomic E-state index is 12.9. The van der Waals surface area contributed by atoms with Crippen LogP contribution < -0.4 is 5.73 Å². The minimum Gasteiger partial charge on any atom is -0.393 e. The lowest BCUT2D eigenvalue weighted by Crippen LogP contribution is -2.08. The minimum absolute atomic E-state index is 0.128. The van der Waals surface area contributed by atoms with Crippen molar-refractivity contribution in [2.45, 2.75) is 0 Å². The third-order valence-electron chi connectivity index (χ3n) is 1.71. The van der Waals surface area contributed by atoms with Crippen LogP contribution in [-0.2, 0) is 0 Å². The number of nitro groups is 1. The average molecular weight is 277 g/mol. The highest BCUT2D eigenvalue weighted by atomic mass is 79.9. The van der Waals surface area contributed by atoms with Crippen LogP contribution in [0.5, 0.6) is 0 Å². The summed E-state index contributed by atoms with van der Waals surface area (Å²) in [6, 6.07) is 1.61. The number of ketones is 1. The molecule has 0 amide bonds. The second-order valence-electron chi connectivity index (χ2n) is 2.71. The Morgan fingerprint density at radius 3 is 2.67 bits per heavy atom. The maximum absolute atomic E-state index is 12.9. The SMILES string of the molecule is Nc1cc(F)cc(C(=O)CBr)c1[N+](=O)[O-]. The Hall–Kier alpha value is -1.50. The topological polar surface area (TPSA) is 86.2 Å². The van der Waals surface area contributed by atoms with Crippen LogP contribution in [0.4, 0.5) is 15.8 Å². The molecule has 0 aromatic heterocycles. The van der Waals surface area contributed by atoms with E-state index in [1.54, 1.807) is 0 Å². The number of nitrogen functional groups attached to an aromatic ring is 1.